The lowest BCUT2D eigenvalue weighted by Gasteiger charge is -2.48. The maximum atomic E-state index is 13.4. The smallest absolute Gasteiger partial charge is 0.355 e. The summed E-state index contributed by atoms with van der Waals surface area (Å²) in [6.07, 6.45) is 15.3. The quantitative estimate of drug-likeness (QED) is 0.0335. The van der Waals surface area contributed by atoms with Gasteiger partial charge in [-0.25, -0.2) is 9.78 Å². The summed E-state index contributed by atoms with van der Waals surface area (Å²) >= 11 is 2.52. The largest absolute Gasteiger partial charge is 0.453 e. The zero-order chi connectivity index (χ0) is 34.6. The number of hydrogen-bond donors (Lipinski definition) is 2. The summed E-state index contributed by atoms with van der Waals surface area (Å²) in [6, 6.07) is -0.899. The van der Waals surface area contributed by atoms with Crippen LogP contribution in [0.1, 0.15) is 96.6 Å². The molecule has 1 aromatic rings. The number of nitrogens with one attached hydrogen (secondary N) is 2. The zero-order valence-electron chi connectivity index (χ0n) is 28.4. The van der Waals surface area contributed by atoms with Gasteiger partial charge in [0, 0.05) is 24.3 Å². The third-order valence-electron chi connectivity index (χ3n) is 7.83. The average Bonchev–Trinajstić information content (AvgIpc) is 3.55. The highest BCUT2D eigenvalue weighted by atomic mass is 32.2. The highest BCUT2D eigenvalue weighted by Crippen LogP contribution is 2.38. The van der Waals surface area contributed by atoms with Crippen molar-refractivity contribution < 1.29 is 38.2 Å². The fourth-order valence-electron chi connectivity index (χ4n) is 5.26. The van der Waals surface area contributed by atoms with E-state index in [1.807, 2.05) is 0 Å². The molecule has 13 nitrogen and oxygen atoms in total. The number of amides is 3. The number of thiazole rings is 1. The molecule has 0 bridgehead atoms. The monoisotopic (exact) mass is 709 g/mol. The highest BCUT2D eigenvalue weighted by Gasteiger charge is 2.53. The van der Waals surface area contributed by atoms with Crippen LogP contribution in [0.2, 0.25) is 0 Å². The molecular formula is C33H51N5O8S2. The Morgan fingerprint density at radius 3 is 2.25 bits per heavy atom. The first kappa shape index (κ1) is 39.4. The van der Waals surface area contributed by atoms with Gasteiger partial charge in [0.05, 0.1) is 13.2 Å². The number of oxime groups is 1. The van der Waals surface area contributed by atoms with Crippen molar-refractivity contribution in [2.75, 3.05) is 44.6 Å². The van der Waals surface area contributed by atoms with Gasteiger partial charge in [-0.05, 0) is 18.9 Å². The molecule has 1 saturated heterocycles. The number of β-lactam (4-membered cyclic amide) rings is 1. The number of esters is 1. The Labute approximate surface area is 291 Å². The number of thioether (sulfide) groups is 1. The Kier molecular flexibility index (Phi) is 18.6. The topological polar surface area (TPSA) is 158 Å². The van der Waals surface area contributed by atoms with Crippen molar-refractivity contribution in [3.05, 3.63) is 22.8 Å². The highest BCUT2D eigenvalue weighted by molar-refractivity contribution is 8.00. The molecule has 1 aromatic heterocycles. The molecule has 48 heavy (non-hydrogen) atoms. The number of unbranched alkanes of at least 4 members (excludes halogenated alkanes) is 10. The van der Waals surface area contributed by atoms with E-state index in [9.17, 15) is 19.2 Å². The summed E-state index contributed by atoms with van der Waals surface area (Å²) < 4.78 is 17.6. The van der Waals surface area contributed by atoms with E-state index in [1.54, 1.807) is 6.08 Å². The van der Waals surface area contributed by atoms with Crippen LogP contribution in [0.4, 0.5) is 5.13 Å². The van der Waals surface area contributed by atoms with Gasteiger partial charge in [0.2, 0.25) is 6.41 Å². The predicted molar refractivity (Wildman–Crippen MR) is 187 cm³/mol. The maximum absolute atomic E-state index is 13.4. The lowest BCUT2D eigenvalue weighted by molar-refractivity contribution is -0.159. The van der Waals surface area contributed by atoms with Crippen molar-refractivity contribution in [3.8, 4) is 0 Å². The maximum Gasteiger partial charge on any atom is 0.355 e. The van der Waals surface area contributed by atoms with Crippen molar-refractivity contribution in [2.45, 2.75) is 108 Å². The molecule has 268 valence electrons. The van der Waals surface area contributed by atoms with Gasteiger partial charge >= 0.3 is 5.97 Å². The molecule has 2 aliphatic heterocycles. The fraction of sp³-hybridized carbons (Fsp3) is 0.697. The normalized spacial score (nSPS) is 17.4. The molecule has 0 aliphatic carbocycles. The van der Waals surface area contributed by atoms with Gasteiger partial charge in [0.15, 0.2) is 10.8 Å². The van der Waals surface area contributed by atoms with Crippen LogP contribution in [0.15, 0.2) is 22.3 Å². The van der Waals surface area contributed by atoms with Gasteiger partial charge in [-0.15, -0.1) is 23.1 Å². The summed E-state index contributed by atoms with van der Waals surface area (Å²) in [5.41, 5.74) is 0.164. The summed E-state index contributed by atoms with van der Waals surface area (Å²) in [5.74, 6) is -1.31. The Hall–Kier alpha value is -3.01. The van der Waals surface area contributed by atoms with Crippen molar-refractivity contribution in [3.63, 3.8) is 0 Å². The molecule has 2 atom stereocenters. The van der Waals surface area contributed by atoms with Crippen LogP contribution in [0, 0.1) is 0 Å². The molecule has 1 unspecified atom stereocenters. The third-order valence-corrected chi connectivity index (χ3v) is 9.79. The fourth-order valence-corrected chi connectivity index (χ4v) is 7.11. The van der Waals surface area contributed by atoms with E-state index < -0.39 is 35.3 Å². The SMILES string of the molecule is CCCCCCCCOCC(COCCCCCCCC)OC(=O)C1=CCS[C@@H]2C(NC(=O)/C(=N\OC)c3csc(NC=O)n3)C(=O)N12. The molecule has 2 N–H and O–H groups in total. The van der Waals surface area contributed by atoms with E-state index in [-0.39, 0.29) is 35.4 Å². The van der Waals surface area contributed by atoms with E-state index >= 15 is 0 Å². The molecule has 3 amide bonds. The Balaban J connectivity index is 1.55. The number of fused-ring (bicyclic) bond motifs is 1. The minimum absolute atomic E-state index is 0.140. The average molecular weight is 710 g/mol. The summed E-state index contributed by atoms with van der Waals surface area (Å²) in [6.45, 7) is 5.96. The first-order valence-corrected chi connectivity index (χ1v) is 19.0. The number of carbonyl (C=O) groups excluding carboxylic acids is 4. The van der Waals surface area contributed by atoms with Crippen LogP contribution in [0.3, 0.4) is 0 Å². The van der Waals surface area contributed by atoms with Gasteiger partial charge in [-0.2, -0.15) is 0 Å². The second-order valence-corrected chi connectivity index (χ2v) is 13.6. The number of rotatable bonds is 26. The molecule has 0 spiro atoms. The van der Waals surface area contributed by atoms with E-state index in [2.05, 4.69) is 34.6 Å². The summed E-state index contributed by atoms with van der Waals surface area (Å²) in [4.78, 5) is 60.9. The molecule has 0 radical (unpaired) electrons. The van der Waals surface area contributed by atoms with E-state index in [0.29, 0.717) is 25.4 Å². The molecule has 2 aliphatic rings. The number of ether oxygens (including phenoxy) is 3. The number of aromatic nitrogens is 1. The predicted octanol–water partition coefficient (Wildman–Crippen LogP) is 5.01. The molecule has 3 rings (SSSR count). The Morgan fingerprint density at radius 1 is 1.02 bits per heavy atom. The van der Waals surface area contributed by atoms with Crippen molar-refractivity contribution in [1.82, 2.24) is 15.2 Å². The van der Waals surface area contributed by atoms with Gasteiger partial charge < -0.3 is 29.7 Å². The first-order chi connectivity index (χ1) is 23.4. The molecule has 1 fully saturated rings. The van der Waals surface area contributed by atoms with E-state index in [0.717, 1.165) is 37.0 Å². The van der Waals surface area contributed by atoms with Crippen LogP contribution >= 0.6 is 23.1 Å². The second kappa shape index (κ2) is 22.6. The number of anilines is 1. The number of nitrogens with zero attached hydrogens (tertiary/aromatic N) is 3. The van der Waals surface area contributed by atoms with Gasteiger partial charge in [-0.1, -0.05) is 83.2 Å². The summed E-state index contributed by atoms with van der Waals surface area (Å²) in [5, 5.41) is 10.2. The van der Waals surface area contributed by atoms with Gasteiger partial charge in [0.1, 0.15) is 36.0 Å². The molecule has 15 heteroatoms. The lowest BCUT2D eigenvalue weighted by atomic mass is 10.0. The molecule has 3 heterocycles. The second-order valence-electron chi connectivity index (χ2n) is 11.6. The van der Waals surface area contributed by atoms with Crippen molar-refractivity contribution >= 4 is 58.1 Å². The zero-order valence-corrected chi connectivity index (χ0v) is 30.0. The number of carbonyl (C=O) groups is 4. The molecule has 0 saturated carbocycles. The first-order valence-electron chi connectivity index (χ1n) is 17.0. The number of hydrogen-bond acceptors (Lipinski definition) is 12. The van der Waals surface area contributed by atoms with Crippen LogP contribution in [-0.2, 0) is 38.2 Å². The van der Waals surface area contributed by atoms with Crippen LogP contribution in [0.5, 0.6) is 0 Å². The van der Waals surface area contributed by atoms with Crippen LogP contribution in [-0.4, -0.2) is 96.6 Å². The minimum Gasteiger partial charge on any atom is -0.453 e. The van der Waals surface area contributed by atoms with Crippen molar-refractivity contribution in [1.29, 1.82) is 0 Å². The third kappa shape index (κ3) is 12.5. The van der Waals surface area contributed by atoms with E-state index in [1.165, 1.54) is 80.5 Å². The van der Waals surface area contributed by atoms with Gasteiger partial charge in [0.25, 0.3) is 11.8 Å². The van der Waals surface area contributed by atoms with E-state index in [4.69, 9.17) is 19.0 Å². The Bertz CT molecular complexity index is 1210. The molecule has 0 aromatic carbocycles. The van der Waals surface area contributed by atoms with Gasteiger partial charge in [-0.3, -0.25) is 19.3 Å². The lowest BCUT2D eigenvalue weighted by Crippen LogP contribution is -2.70. The minimum atomic E-state index is -0.899. The van der Waals surface area contributed by atoms with Crippen LogP contribution < -0.4 is 10.6 Å². The van der Waals surface area contributed by atoms with Crippen molar-refractivity contribution in [2.24, 2.45) is 5.16 Å². The Morgan fingerprint density at radius 2 is 1.65 bits per heavy atom. The molecular weight excluding hydrogens is 659 g/mol. The standard InChI is InChI=1S/C33H51N5O8S2/c1-4-6-8-10-12-14-17-44-20-24(21-45-18-15-13-11-9-7-5-2)46-32(42)26-16-19-47-31-28(30(41)38(26)31)36-29(40)27(37-43-3)25-22-48-33(35-25)34-23-39/h16,22-24,28,31H,4-15,17-21H2,1-3H3,(H,36,40)(H,34,35,39)/b37-27-/t28?,31-/m1/s1. The van der Waals surface area contributed by atoms with Crippen LogP contribution in [0.25, 0.3) is 0 Å². The summed E-state index contributed by atoms with van der Waals surface area (Å²) in [7, 11) is 1.28.